The van der Waals surface area contributed by atoms with Crippen LogP contribution in [0.1, 0.15) is 20.8 Å². The van der Waals surface area contributed by atoms with Crippen LogP contribution in [0.15, 0.2) is 23.6 Å². The lowest BCUT2D eigenvalue weighted by Gasteiger charge is -2.09. The Labute approximate surface area is 134 Å². The van der Waals surface area contributed by atoms with Gasteiger partial charge in [-0.15, -0.1) is 11.3 Å². The molecule has 1 aromatic carbocycles. The normalized spacial score (nSPS) is 12.7. The van der Waals surface area contributed by atoms with Crippen LogP contribution in [-0.4, -0.2) is 0 Å². The first-order valence-electron chi connectivity index (χ1n) is 5.30. The molecule has 0 fully saturated rings. The molecule has 1 atom stereocenters. The minimum absolute atomic E-state index is 0.195. The molecule has 5 heteroatoms. The topological polar surface area (TPSA) is 0 Å². The monoisotopic (exact) mass is 382 g/mol. The first-order valence-corrected chi connectivity index (χ1v) is 8.23. The Morgan fingerprint density at radius 1 is 1.22 bits per heavy atom. The second-order valence-corrected chi connectivity index (χ2v) is 7.23. The predicted octanol–water partition coefficient (Wildman–Crippen LogP) is 6.70. The van der Waals surface area contributed by atoms with Crippen LogP contribution in [0.25, 0.3) is 0 Å². The van der Waals surface area contributed by atoms with Crippen molar-refractivity contribution < 1.29 is 0 Å². The van der Waals surface area contributed by atoms with Gasteiger partial charge in [-0.1, -0.05) is 56.8 Å². The third-order valence-corrected chi connectivity index (χ3v) is 6.26. The van der Waals surface area contributed by atoms with E-state index in [1.807, 2.05) is 25.1 Å². The molecule has 0 radical (unpaired) electrons. The van der Waals surface area contributed by atoms with Crippen LogP contribution in [0, 0.1) is 6.92 Å². The first kappa shape index (κ1) is 14.7. The molecule has 0 nitrogen and oxygen atoms in total. The number of alkyl halides is 1. The van der Waals surface area contributed by atoms with E-state index in [4.69, 9.17) is 34.8 Å². The summed E-state index contributed by atoms with van der Waals surface area (Å²) in [6, 6.07) is 5.70. The van der Waals surface area contributed by atoms with Crippen molar-refractivity contribution in [1.29, 1.82) is 0 Å². The summed E-state index contributed by atoms with van der Waals surface area (Å²) in [5.41, 5.74) is 2.25. The van der Waals surface area contributed by atoms with Crippen LogP contribution in [0.4, 0.5) is 0 Å². The van der Waals surface area contributed by atoms with Gasteiger partial charge in [-0.2, -0.15) is 0 Å². The Bertz CT molecular complexity index is 565. The van der Waals surface area contributed by atoms with Gasteiger partial charge >= 0.3 is 0 Å². The second kappa shape index (κ2) is 6.15. The maximum atomic E-state index is 6.26. The number of benzene rings is 1. The maximum Gasteiger partial charge on any atom is 0.0595 e. The molecule has 0 aliphatic rings. The van der Waals surface area contributed by atoms with E-state index in [1.165, 1.54) is 0 Å². The quantitative estimate of drug-likeness (QED) is 0.517. The van der Waals surface area contributed by atoms with Gasteiger partial charge in [0.05, 0.1) is 19.9 Å². The summed E-state index contributed by atoms with van der Waals surface area (Å²) in [6.07, 6.45) is 0.830. The maximum absolute atomic E-state index is 6.26. The second-order valence-electron chi connectivity index (χ2n) is 4.02. The third kappa shape index (κ3) is 3.23. The molecule has 0 aliphatic carbocycles. The fourth-order valence-electron chi connectivity index (χ4n) is 1.63. The van der Waals surface area contributed by atoms with Crippen LogP contribution in [0.3, 0.4) is 0 Å². The zero-order valence-corrected chi connectivity index (χ0v) is 14.2. The minimum Gasteiger partial charge on any atom is -0.146 e. The Morgan fingerprint density at radius 3 is 2.50 bits per heavy atom. The minimum atomic E-state index is 0.195. The Balaban J connectivity index is 2.18. The third-order valence-electron chi connectivity index (χ3n) is 2.61. The van der Waals surface area contributed by atoms with Crippen molar-refractivity contribution in [2.75, 3.05) is 0 Å². The highest BCUT2D eigenvalue weighted by atomic mass is 79.9. The van der Waals surface area contributed by atoms with Gasteiger partial charge in [-0.25, -0.2) is 0 Å². The molecule has 0 bridgehead atoms. The summed E-state index contributed by atoms with van der Waals surface area (Å²) in [5, 5.41) is 4.08. The lowest BCUT2D eigenvalue weighted by molar-refractivity contribution is 0.969. The van der Waals surface area contributed by atoms with Gasteiger partial charge in [0.15, 0.2) is 0 Å². The van der Waals surface area contributed by atoms with Gasteiger partial charge in [0.1, 0.15) is 0 Å². The van der Waals surface area contributed by atoms with E-state index in [9.17, 15) is 0 Å². The van der Waals surface area contributed by atoms with Crippen molar-refractivity contribution >= 4 is 62.1 Å². The molecule has 18 heavy (non-hydrogen) atoms. The van der Waals surface area contributed by atoms with E-state index in [2.05, 4.69) is 21.3 Å². The SMILES string of the molecule is Cc1csc(C(Br)Cc2ccc(Cl)c(Cl)c2)c1Cl. The van der Waals surface area contributed by atoms with Gasteiger partial charge in [-0.3, -0.25) is 0 Å². The molecule has 0 aliphatic heterocycles. The molecule has 96 valence electrons. The van der Waals surface area contributed by atoms with Crippen LogP contribution >= 0.6 is 62.1 Å². The largest absolute Gasteiger partial charge is 0.146 e. The average Bonchev–Trinajstić information content (AvgIpc) is 2.65. The Hall–Kier alpha value is 0.270. The van der Waals surface area contributed by atoms with Crippen molar-refractivity contribution in [3.05, 3.63) is 54.7 Å². The number of hydrogen-bond donors (Lipinski definition) is 0. The van der Waals surface area contributed by atoms with E-state index in [1.54, 1.807) is 11.3 Å². The highest BCUT2D eigenvalue weighted by Crippen LogP contribution is 2.39. The van der Waals surface area contributed by atoms with Crippen LogP contribution < -0.4 is 0 Å². The Kier molecular flexibility index (Phi) is 5.01. The molecule has 0 saturated carbocycles. The standard InChI is InChI=1S/C13H10BrCl3S/c1-7-6-18-13(12(7)17)9(14)4-8-2-3-10(15)11(16)5-8/h2-3,5-6,9H,4H2,1H3. The van der Waals surface area contributed by atoms with Crippen molar-refractivity contribution in [3.63, 3.8) is 0 Å². The summed E-state index contributed by atoms with van der Waals surface area (Å²) < 4.78 is 0. The van der Waals surface area contributed by atoms with E-state index >= 15 is 0 Å². The van der Waals surface area contributed by atoms with E-state index < -0.39 is 0 Å². The average molecular weight is 385 g/mol. The lowest BCUT2D eigenvalue weighted by Crippen LogP contribution is -1.94. The smallest absolute Gasteiger partial charge is 0.0595 e. The Morgan fingerprint density at radius 2 is 1.94 bits per heavy atom. The molecule has 0 spiro atoms. The predicted molar refractivity (Wildman–Crippen MR) is 85.9 cm³/mol. The highest BCUT2D eigenvalue weighted by molar-refractivity contribution is 9.09. The molecule has 1 aromatic heterocycles. The zero-order chi connectivity index (χ0) is 13.3. The molecular formula is C13H10BrCl3S. The summed E-state index contributed by atoms with van der Waals surface area (Å²) in [6.45, 7) is 2.02. The molecule has 1 heterocycles. The van der Waals surface area contributed by atoms with Gasteiger partial charge in [-0.05, 0) is 42.0 Å². The molecule has 0 saturated heterocycles. The molecule has 0 N–H and O–H groups in total. The van der Waals surface area contributed by atoms with E-state index in [0.29, 0.717) is 10.0 Å². The summed E-state index contributed by atoms with van der Waals surface area (Å²) in [5.74, 6) is 0. The van der Waals surface area contributed by atoms with Crippen LogP contribution in [-0.2, 0) is 6.42 Å². The van der Waals surface area contributed by atoms with E-state index in [0.717, 1.165) is 27.4 Å². The lowest BCUT2D eigenvalue weighted by atomic mass is 10.1. The number of thiophene rings is 1. The number of hydrogen-bond acceptors (Lipinski definition) is 1. The van der Waals surface area contributed by atoms with Crippen molar-refractivity contribution in [2.45, 2.75) is 18.2 Å². The van der Waals surface area contributed by atoms with Gasteiger partial charge in [0.2, 0.25) is 0 Å². The fraction of sp³-hybridized carbons (Fsp3) is 0.231. The molecule has 2 rings (SSSR count). The molecular weight excluding hydrogens is 374 g/mol. The van der Waals surface area contributed by atoms with E-state index in [-0.39, 0.29) is 4.83 Å². The van der Waals surface area contributed by atoms with Crippen LogP contribution in [0.2, 0.25) is 15.1 Å². The van der Waals surface area contributed by atoms with Gasteiger partial charge in [0.25, 0.3) is 0 Å². The summed E-state index contributed by atoms with van der Waals surface area (Å²) in [7, 11) is 0. The summed E-state index contributed by atoms with van der Waals surface area (Å²) in [4.78, 5) is 1.35. The molecule has 1 unspecified atom stereocenters. The number of halogens is 4. The number of aryl methyl sites for hydroxylation is 1. The van der Waals surface area contributed by atoms with Gasteiger partial charge in [0, 0.05) is 4.88 Å². The zero-order valence-electron chi connectivity index (χ0n) is 9.51. The van der Waals surface area contributed by atoms with Crippen molar-refractivity contribution in [3.8, 4) is 0 Å². The van der Waals surface area contributed by atoms with Gasteiger partial charge < -0.3 is 0 Å². The van der Waals surface area contributed by atoms with Crippen molar-refractivity contribution in [2.24, 2.45) is 0 Å². The highest BCUT2D eigenvalue weighted by Gasteiger charge is 2.16. The van der Waals surface area contributed by atoms with Crippen LogP contribution in [0.5, 0.6) is 0 Å². The van der Waals surface area contributed by atoms with Crippen molar-refractivity contribution in [1.82, 2.24) is 0 Å². The fourth-order valence-corrected chi connectivity index (χ4v) is 4.31. The summed E-state index contributed by atoms with van der Waals surface area (Å²) >= 11 is 23.5. The first-order chi connectivity index (χ1) is 8.49. The number of rotatable bonds is 3. The molecule has 0 amide bonds. The molecule has 2 aromatic rings.